The van der Waals surface area contributed by atoms with E-state index in [1.807, 2.05) is 30.3 Å². The Hall–Kier alpha value is -1.41. The average Bonchev–Trinajstić information content (AvgIpc) is 2.23. The van der Waals surface area contributed by atoms with Crippen LogP contribution in [-0.4, -0.2) is 11.7 Å². The molecule has 0 unspecified atom stereocenters. The van der Waals surface area contributed by atoms with Gasteiger partial charge in [-0.25, -0.2) is 0 Å². The molecular weight excluding hydrogens is 210 g/mol. The summed E-state index contributed by atoms with van der Waals surface area (Å²) in [6.07, 6.45) is 0. The van der Waals surface area contributed by atoms with Crippen molar-refractivity contribution in [1.29, 1.82) is 0 Å². The van der Waals surface area contributed by atoms with Crippen LogP contribution in [0.5, 0.6) is 5.75 Å². The van der Waals surface area contributed by atoms with Gasteiger partial charge >= 0.3 is 0 Å². The minimum absolute atomic E-state index is 0. The molecule has 0 radical (unpaired) electrons. The molecule has 0 fully saturated rings. The quantitative estimate of drug-likeness (QED) is 0.765. The Balaban J connectivity index is 0.00000112. The molecule has 0 aromatic heterocycles. The molecule has 0 atom stereocenters. The minimum Gasteiger partial charge on any atom is -0.507 e. The summed E-state index contributed by atoms with van der Waals surface area (Å²) < 4.78 is 0. The van der Waals surface area contributed by atoms with Crippen molar-refractivity contribution in [3.05, 3.63) is 36.4 Å². The molecule has 0 amide bonds. The van der Waals surface area contributed by atoms with Gasteiger partial charge < -0.3 is 10.4 Å². The summed E-state index contributed by atoms with van der Waals surface area (Å²) in [6, 6.07) is 11.5. The van der Waals surface area contributed by atoms with Crippen LogP contribution in [0, 0.1) is 0 Å². The molecule has 2 N–H and O–H groups in total. The van der Waals surface area contributed by atoms with Crippen molar-refractivity contribution in [3.63, 3.8) is 0 Å². The number of hydrogen-bond donors (Lipinski definition) is 2. The first-order chi connectivity index (χ1) is 6.83. The molecule has 0 heterocycles. The zero-order chi connectivity index (χ0) is 9.97. The van der Waals surface area contributed by atoms with E-state index < -0.39 is 0 Å². The van der Waals surface area contributed by atoms with Crippen molar-refractivity contribution < 1.29 is 5.11 Å². The predicted octanol–water partition coefficient (Wildman–Crippen LogP) is 3.40. The topological polar surface area (TPSA) is 32.3 Å². The summed E-state index contributed by atoms with van der Waals surface area (Å²) >= 11 is 0. The highest BCUT2D eigenvalue weighted by molar-refractivity contribution is 5.97. The molecule has 2 aromatic rings. The Morgan fingerprint density at radius 3 is 2.40 bits per heavy atom. The SMILES string of the molecule is CCNc1ccc(O)c2ccccc12.Cl. The van der Waals surface area contributed by atoms with E-state index in [0.29, 0.717) is 5.75 Å². The van der Waals surface area contributed by atoms with Gasteiger partial charge in [-0.3, -0.25) is 0 Å². The van der Waals surface area contributed by atoms with Crippen LogP contribution < -0.4 is 5.32 Å². The summed E-state index contributed by atoms with van der Waals surface area (Å²) in [5.74, 6) is 0.335. The molecule has 80 valence electrons. The van der Waals surface area contributed by atoms with E-state index in [1.54, 1.807) is 6.07 Å². The standard InChI is InChI=1S/C12H13NO.ClH/c1-2-13-11-7-8-12(14)10-6-4-3-5-9(10)11;/h3-8,13-14H,2H2,1H3;1H. The molecule has 0 spiro atoms. The Labute approximate surface area is 95.3 Å². The van der Waals surface area contributed by atoms with E-state index in [4.69, 9.17) is 0 Å². The summed E-state index contributed by atoms with van der Waals surface area (Å²) in [5, 5.41) is 14.9. The van der Waals surface area contributed by atoms with Gasteiger partial charge in [-0.15, -0.1) is 12.4 Å². The first-order valence-electron chi connectivity index (χ1n) is 4.77. The third-order valence-corrected chi connectivity index (χ3v) is 2.27. The highest BCUT2D eigenvalue weighted by Gasteiger charge is 2.02. The molecule has 0 bridgehead atoms. The van der Waals surface area contributed by atoms with Gasteiger partial charge in [0.2, 0.25) is 0 Å². The maximum Gasteiger partial charge on any atom is 0.123 e. The third kappa shape index (κ3) is 2.16. The van der Waals surface area contributed by atoms with Crippen LogP contribution in [0.15, 0.2) is 36.4 Å². The van der Waals surface area contributed by atoms with E-state index in [-0.39, 0.29) is 12.4 Å². The Morgan fingerprint density at radius 1 is 1.07 bits per heavy atom. The van der Waals surface area contributed by atoms with Crippen molar-refractivity contribution in [1.82, 2.24) is 0 Å². The number of rotatable bonds is 2. The van der Waals surface area contributed by atoms with Crippen LogP contribution in [0.25, 0.3) is 10.8 Å². The minimum atomic E-state index is 0. The fourth-order valence-electron chi connectivity index (χ4n) is 1.63. The van der Waals surface area contributed by atoms with Crippen molar-refractivity contribution in [2.24, 2.45) is 0 Å². The molecule has 2 aromatic carbocycles. The van der Waals surface area contributed by atoms with Gasteiger partial charge in [0, 0.05) is 23.0 Å². The molecular formula is C12H14ClNO. The van der Waals surface area contributed by atoms with Gasteiger partial charge in [0.1, 0.15) is 5.75 Å². The highest BCUT2D eigenvalue weighted by Crippen LogP contribution is 2.30. The average molecular weight is 224 g/mol. The second-order valence-corrected chi connectivity index (χ2v) is 3.21. The fourth-order valence-corrected chi connectivity index (χ4v) is 1.63. The van der Waals surface area contributed by atoms with Gasteiger partial charge in [-0.2, -0.15) is 0 Å². The molecule has 0 saturated carbocycles. The smallest absolute Gasteiger partial charge is 0.123 e. The van der Waals surface area contributed by atoms with Crippen LogP contribution in [-0.2, 0) is 0 Å². The van der Waals surface area contributed by atoms with E-state index >= 15 is 0 Å². The molecule has 0 aliphatic rings. The van der Waals surface area contributed by atoms with Gasteiger partial charge in [0.25, 0.3) is 0 Å². The first-order valence-corrected chi connectivity index (χ1v) is 4.77. The van der Waals surface area contributed by atoms with E-state index in [9.17, 15) is 5.11 Å². The van der Waals surface area contributed by atoms with Crippen LogP contribution in [0.3, 0.4) is 0 Å². The van der Waals surface area contributed by atoms with Crippen molar-refractivity contribution >= 4 is 28.9 Å². The number of benzene rings is 2. The number of nitrogens with one attached hydrogen (secondary N) is 1. The number of fused-ring (bicyclic) bond motifs is 1. The van der Waals surface area contributed by atoms with Crippen molar-refractivity contribution in [2.45, 2.75) is 6.92 Å². The maximum absolute atomic E-state index is 9.64. The molecule has 2 nitrogen and oxygen atoms in total. The third-order valence-electron chi connectivity index (χ3n) is 2.27. The van der Waals surface area contributed by atoms with Crippen molar-refractivity contribution in [2.75, 3.05) is 11.9 Å². The van der Waals surface area contributed by atoms with Gasteiger partial charge in [-0.1, -0.05) is 24.3 Å². The Morgan fingerprint density at radius 2 is 1.73 bits per heavy atom. The lowest BCUT2D eigenvalue weighted by molar-refractivity contribution is 0.481. The van der Waals surface area contributed by atoms with E-state index in [2.05, 4.69) is 12.2 Å². The molecule has 3 heteroatoms. The monoisotopic (exact) mass is 223 g/mol. The van der Waals surface area contributed by atoms with Crippen LogP contribution in [0.4, 0.5) is 5.69 Å². The zero-order valence-electron chi connectivity index (χ0n) is 8.53. The van der Waals surface area contributed by atoms with Gasteiger partial charge in [-0.05, 0) is 19.1 Å². The number of hydrogen-bond acceptors (Lipinski definition) is 2. The second-order valence-electron chi connectivity index (χ2n) is 3.21. The molecule has 0 saturated heterocycles. The fraction of sp³-hybridized carbons (Fsp3) is 0.167. The number of phenols is 1. The predicted molar refractivity (Wildman–Crippen MR) is 67.0 cm³/mol. The number of anilines is 1. The maximum atomic E-state index is 9.64. The summed E-state index contributed by atoms with van der Waals surface area (Å²) in [7, 11) is 0. The zero-order valence-corrected chi connectivity index (χ0v) is 9.34. The summed E-state index contributed by atoms with van der Waals surface area (Å²) in [4.78, 5) is 0. The number of phenolic OH excluding ortho intramolecular Hbond substituents is 1. The lowest BCUT2D eigenvalue weighted by Crippen LogP contribution is -1.96. The molecule has 15 heavy (non-hydrogen) atoms. The first kappa shape index (κ1) is 11.7. The van der Waals surface area contributed by atoms with Crippen molar-refractivity contribution in [3.8, 4) is 5.75 Å². The second kappa shape index (κ2) is 4.89. The van der Waals surface area contributed by atoms with Crippen LogP contribution in [0.2, 0.25) is 0 Å². The van der Waals surface area contributed by atoms with Crippen LogP contribution >= 0.6 is 12.4 Å². The van der Waals surface area contributed by atoms with Crippen LogP contribution in [0.1, 0.15) is 6.92 Å². The summed E-state index contributed by atoms with van der Waals surface area (Å²) in [5.41, 5.74) is 1.07. The highest BCUT2D eigenvalue weighted by atomic mass is 35.5. The summed E-state index contributed by atoms with van der Waals surface area (Å²) in [6.45, 7) is 2.94. The molecule has 0 aliphatic carbocycles. The lowest BCUT2D eigenvalue weighted by Gasteiger charge is -2.08. The van der Waals surface area contributed by atoms with E-state index in [0.717, 1.165) is 23.0 Å². The Bertz CT molecular complexity index is 456. The molecule has 0 aliphatic heterocycles. The number of halogens is 1. The number of aromatic hydroxyl groups is 1. The Kier molecular flexibility index (Phi) is 3.81. The molecule has 2 rings (SSSR count). The van der Waals surface area contributed by atoms with E-state index in [1.165, 1.54) is 0 Å². The largest absolute Gasteiger partial charge is 0.507 e. The normalized spacial score (nSPS) is 9.67. The van der Waals surface area contributed by atoms with Gasteiger partial charge in [0.05, 0.1) is 0 Å². The van der Waals surface area contributed by atoms with Gasteiger partial charge in [0.15, 0.2) is 0 Å². The lowest BCUT2D eigenvalue weighted by atomic mass is 10.1.